The summed E-state index contributed by atoms with van der Waals surface area (Å²) in [6, 6.07) is 22.0. The lowest BCUT2D eigenvalue weighted by Gasteiger charge is -2.26. The molecule has 0 bridgehead atoms. The van der Waals surface area contributed by atoms with Crippen LogP contribution in [0.4, 0.5) is 11.5 Å². The number of phenolic OH excluding ortho intramolecular Hbond substituents is 1. The summed E-state index contributed by atoms with van der Waals surface area (Å²) in [5.74, 6) is 0.148. The number of ether oxygens (including phenoxy) is 1. The summed E-state index contributed by atoms with van der Waals surface area (Å²) in [4.78, 5) is 24.8. The number of rotatable bonds is 7. The zero-order valence-electron chi connectivity index (χ0n) is 22.7. The molecular formula is C32H29Cl2N5O3. The fourth-order valence-corrected chi connectivity index (χ4v) is 5.56. The Kier molecular flexibility index (Phi) is 8.39. The van der Waals surface area contributed by atoms with Crippen molar-refractivity contribution in [2.45, 2.75) is 6.54 Å². The molecule has 2 aliphatic rings. The maximum absolute atomic E-state index is 12.7. The zero-order valence-corrected chi connectivity index (χ0v) is 24.3. The van der Waals surface area contributed by atoms with Crippen LogP contribution in [-0.4, -0.2) is 66.0 Å². The van der Waals surface area contributed by atoms with Gasteiger partial charge in [0.15, 0.2) is 0 Å². The number of nitrogens with one attached hydrogen (secondary N) is 2. The van der Waals surface area contributed by atoms with Gasteiger partial charge in [0.2, 0.25) is 0 Å². The van der Waals surface area contributed by atoms with E-state index < -0.39 is 0 Å². The molecule has 4 aromatic rings. The number of benzene rings is 3. The highest BCUT2D eigenvalue weighted by molar-refractivity contribution is 6.36. The average Bonchev–Trinajstić information content (AvgIpc) is 3.14. The zero-order chi connectivity index (χ0) is 29.1. The van der Waals surface area contributed by atoms with Gasteiger partial charge in [0.1, 0.15) is 11.6 Å². The van der Waals surface area contributed by atoms with Crippen molar-refractivity contribution in [3.05, 3.63) is 105 Å². The summed E-state index contributed by atoms with van der Waals surface area (Å²) >= 11 is 13.0. The van der Waals surface area contributed by atoms with Gasteiger partial charge in [0.25, 0.3) is 5.91 Å². The number of hydrogen-bond acceptors (Lipinski definition) is 7. The number of hydrogen-bond donors (Lipinski definition) is 3. The first kappa shape index (κ1) is 28.2. The molecule has 10 heteroatoms. The van der Waals surface area contributed by atoms with Crippen LogP contribution in [0.2, 0.25) is 10.0 Å². The third-order valence-corrected chi connectivity index (χ3v) is 7.90. The van der Waals surface area contributed by atoms with Gasteiger partial charge in [-0.25, -0.2) is 4.98 Å². The van der Waals surface area contributed by atoms with Gasteiger partial charge in [-0.05, 0) is 36.4 Å². The number of anilines is 2. The van der Waals surface area contributed by atoms with Crippen LogP contribution in [0.15, 0.2) is 77.8 Å². The Morgan fingerprint density at radius 2 is 1.79 bits per heavy atom. The molecule has 42 heavy (non-hydrogen) atoms. The van der Waals surface area contributed by atoms with E-state index in [2.05, 4.69) is 15.5 Å². The molecule has 3 N–H and O–H groups in total. The summed E-state index contributed by atoms with van der Waals surface area (Å²) in [7, 11) is 0. The normalized spacial score (nSPS) is 14.8. The highest BCUT2D eigenvalue weighted by atomic mass is 35.5. The van der Waals surface area contributed by atoms with Crippen molar-refractivity contribution >= 4 is 46.3 Å². The third-order valence-electron chi connectivity index (χ3n) is 7.34. The molecule has 6 rings (SSSR count). The van der Waals surface area contributed by atoms with Crippen molar-refractivity contribution in [2.24, 2.45) is 4.99 Å². The third kappa shape index (κ3) is 6.12. The van der Waals surface area contributed by atoms with E-state index in [0.717, 1.165) is 53.3 Å². The summed E-state index contributed by atoms with van der Waals surface area (Å²) < 4.78 is 5.36. The monoisotopic (exact) mass is 601 g/mol. The maximum atomic E-state index is 12.7. The van der Waals surface area contributed by atoms with Crippen LogP contribution in [0, 0.1) is 0 Å². The van der Waals surface area contributed by atoms with Crippen molar-refractivity contribution in [3.63, 3.8) is 0 Å². The molecule has 0 saturated carbocycles. The molecule has 214 valence electrons. The van der Waals surface area contributed by atoms with Gasteiger partial charge in [-0.1, -0.05) is 53.5 Å². The molecule has 1 fully saturated rings. The quantitative estimate of drug-likeness (QED) is 0.243. The van der Waals surface area contributed by atoms with Crippen LogP contribution in [0.3, 0.4) is 0 Å². The first-order valence-electron chi connectivity index (χ1n) is 13.7. The lowest BCUT2D eigenvalue weighted by molar-refractivity contribution is 0.0383. The topological polar surface area (TPSA) is 99.1 Å². The fraction of sp³-hybridized carbons (Fsp3) is 0.219. The number of carbonyl (C=O) groups is 1. The van der Waals surface area contributed by atoms with Crippen molar-refractivity contribution in [1.82, 2.24) is 15.2 Å². The van der Waals surface area contributed by atoms with Gasteiger partial charge >= 0.3 is 0 Å². The van der Waals surface area contributed by atoms with Crippen LogP contribution >= 0.6 is 23.2 Å². The smallest absolute Gasteiger partial charge is 0.255 e. The van der Waals surface area contributed by atoms with Gasteiger partial charge in [0.05, 0.1) is 36.7 Å². The van der Waals surface area contributed by atoms with Crippen LogP contribution in [0.5, 0.6) is 5.75 Å². The number of aromatic nitrogens is 1. The second-order valence-electron chi connectivity index (χ2n) is 10.1. The molecule has 0 spiro atoms. The Morgan fingerprint density at radius 1 is 0.952 bits per heavy atom. The Hall–Kier alpha value is -3.95. The van der Waals surface area contributed by atoms with Crippen molar-refractivity contribution in [3.8, 4) is 17.0 Å². The minimum Gasteiger partial charge on any atom is -0.507 e. The number of aliphatic imine (C=N–C) groups is 1. The van der Waals surface area contributed by atoms with Gasteiger partial charge in [-0.15, -0.1) is 0 Å². The number of phenols is 1. The molecule has 8 nitrogen and oxygen atoms in total. The first-order valence-corrected chi connectivity index (χ1v) is 14.5. The van der Waals surface area contributed by atoms with E-state index in [1.807, 2.05) is 54.6 Å². The fourth-order valence-electron chi connectivity index (χ4n) is 5.17. The summed E-state index contributed by atoms with van der Waals surface area (Å²) in [6.07, 6.45) is 0. The van der Waals surface area contributed by atoms with Crippen LogP contribution in [0.25, 0.3) is 11.3 Å². The predicted molar refractivity (Wildman–Crippen MR) is 166 cm³/mol. The number of fused-ring (bicyclic) bond motifs is 3. The van der Waals surface area contributed by atoms with E-state index in [1.54, 1.807) is 12.1 Å². The van der Waals surface area contributed by atoms with Crippen molar-refractivity contribution < 1.29 is 14.6 Å². The Bertz CT molecular complexity index is 1670. The standard InChI is InChI=1S/C32H29Cl2N5O3/c33-21-6-8-23-26(17-21)31(24-3-1-2-4-27(24)34)36-19-20-5-10-29(38-30(20)23)37-22-7-9-25(28(40)18-22)32(41)35-11-12-39-13-15-42-16-14-39/h1-10,17-18,40H,11-16,19H2,(H,35,41)(H,37,38). The molecule has 3 aromatic carbocycles. The van der Waals surface area contributed by atoms with Gasteiger partial charge in [0, 0.05) is 70.2 Å². The average molecular weight is 603 g/mol. The lowest BCUT2D eigenvalue weighted by atomic mass is 9.95. The molecule has 0 atom stereocenters. The number of aromatic hydroxyl groups is 1. The largest absolute Gasteiger partial charge is 0.507 e. The second kappa shape index (κ2) is 12.5. The summed E-state index contributed by atoms with van der Waals surface area (Å²) in [5.41, 5.74) is 5.87. The number of pyridine rings is 1. The SMILES string of the molecule is O=C(NCCN1CCOCC1)c1ccc(Nc2ccc3c(n2)-c2ccc(Cl)cc2C(c2ccccc2Cl)=NC3)cc1O. The van der Waals surface area contributed by atoms with E-state index in [9.17, 15) is 9.90 Å². The Balaban J connectivity index is 1.21. The minimum atomic E-state index is -0.319. The van der Waals surface area contributed by atoms with E-state index in [-0.39, 0.29) is 17.2 Å². The van der Waals surface area contributed by atoms with E-state index in [4.69, 9.17) is 37.9 Å². The number of halogens is 2. The molecular weight excluding hydrogens is 573 g/mol. The van der Waals surface area contributed by atoms with Gasteiger partial charge in [-0.3, -0.25) is 14.7 Å². The van der Waals surface area contributed by atoms with E-state index >= 15 is 0 Å². The first-order chi connectivity index (χ1) is 20.5. The molecule has 1 aromatic heterocycles. The van der Waals surface area contributed by atoms with Crippen molar-refractivity contribution in [2.75, 3.05) is 44.7 Å². The molecule has 0 unspecified atom stereocenters. The maximum Gasteiger partial charge on any atom is 0.255 e. The molecule has 0 aliphatic carbocycles. The molecule has 2 aliphatic heterocycles. The predicted octanol–water partition coefficient (Wildman–Crippen LogP) is 5.92. The molecule has 0 radical (unpaired) electrons. The van der Waals surface area contributed by atoms with Crippen LogP contribution in [-0.2, 0) is 11.3 Å². The van der Waals surface area contributed by atoms with E-state index in [0.29, 0.717) is 47.9 Å². The van der Waals surface area contributed by atoms with Gasteiger partial charge < -0.3 is 20.5 Å². The summed E-state index contributed by atoms with van der Waals surface area (Å²) in [5, 5.41) is 18.0. The molecule has 1 amide bonds. The second-order valence-corrected chi connectivity index (χ2v) is 10.9. The van der Waals surface area contributed by atoms with Crippen molar-refractivity contribution in [1.29, 1.82) is 0 Å². The lowest BCUT2D eigenvalue weighted by Crippen LogP contribution is -2.41. The number of amides is 1. The number of carbonyl (C=O) groups excluding carboxylic acids is 1. The van der Waals surface area contributed by atoms with E-state index in [1.165, 1.54) is 6.07 Å². The summed E-state index contributed by atoms with van der Waals surface area (Å²) in [6.45, 7) is 4.78. The van der Waals surface area contributed by atoms with Gasteiger partial charge in [-0.2, -0.15) is 0 Å². The number of nitrogens with zero attached hydrogens (tertiary/aromatic N) is 3. The minimum absolute atomic E-state index is 0.114. The Morgan fingerprint density at radius 3 is 2.60 bits per heavy atom. The Labute approximate surface area is 254 Å². The highest BCUT2D eigenvalue weighted by Gasteiger charge is 2.22. The molecule has 3 heterocycles. The highest BCUT2D eigenvalue weighted by Crippen LogP contribution is 2.36. The van der Waals surface area contributed by atoms with Crippen LogP contribution in [0.1, 0.15) is 27.0 Å². The number of morpholine rings is 1. The molecule has 1 saturated heterocycles. The van der Waals surface area contributed by atoms with Crippen LogP contribution < -0.4 is 10.6 Å².